The molecule has 4 aromatic rings. The summed E-state index contributed by atoms with van der Waals surface area (Å²) >= 11 is 9.18. The molecule has 7 rings (SSSR count). The highest BCUT2D eigenvalue weighted by molar-refractivity contribution is 8.44. The van der Waals surface area contributed by atoms with Crippen LogP contribution in [-0.2, 0) is 43.9 Å². The number of nitrogen functional groups attached to an aromatic ring is 2. The number of nitrogens with one attached hydrogen (secondary N) is 1. The second kappa shape index (κ2) is 11.2. The third kappa shape index (κ3) is 5.45. The number of hydrogen-bond acceptors (Lipinski definition) is 17. The minimum Gasteiger partial charge on any atom is -0.386 e. The first kappa shape index (κ1) is 31.0. The lowest BCUT2D eigenvalue weighted by Crippen LogP contribution is -2.38. The first-order valence-electron chi connectivity index (χ1n) is 12.9. The number of ether oxygens (including phenoxy) is 2. The van der Waals surface area contributed by atoms with Crippen molar-refractivity contribution in [3.8, 4) is 0 Å². The molecule has 2 unspecified atom stereocenters. The average molecular weight is 709 g/mol. The zero-order valence-electron chi connectivity index (χ0n) is 22.3. The Morgan fingerprint density at radius 1 is 1.00 bits per heavy atom. The first-order chi connectivity index (χ1) is 21.3. The zero-order valence-corrected chi connectivity index (χ0v) is 25.8. The number of rotatable bonds is 2. The molecular weight excluding hydrogens is 685 g/mol. The molecule has 4 aromatic heterocycles. The molecule has 0 saturated carbocycles. The van der Waals surface area contributed by atoms with Crippen LogP contribution >= 0.6 is 25.8 Å². The number of aliphatic hydroxyl groups excluding tert-OH is 1. The molecule has 0 amide bonds. The first-order valence-corrected chi connectivity index (χ1v) is 18.2. The third-order valence-corrected chi connectivity index (χ3v) is 10.5. The number of aromatic amines is 1. The van der Waals surface area contributed by atoms with Crippen molar-refractivity contribution in [1.82, 2.24) is 39.0 Å². The predicted molar refractivity (Wildman–Crippen MR) is 156 cm³/mol. The molecule has 3 aliphatic rings. The number of hydrogen-bond donors (Lipinski definition) is 6. The van der Waals surface area contributed by atoms with E-state index < -0.39 is 81.6 Å². The van der Waals surface area contributed by atoms with E-state index in [1.165, 1.54) is 10.9 Å². The van der Waals surface area contributed by atoms with E-state index in [1.807, 2.05) is 0 Å². The van der Waals surface area contributed by atoms with Gasteiger partial charge < -0.3 is 40.4 Å². The Labute approximate surface area is 260 Å². The van der Waals surface area contributed by atoms with Gasteiger partial charge in [-0.2, -0.15) is 0 Å². The Balaban J connectivity index is 1.18. The van der Waals surface area contributed by atoms with Crippen LogP contribution in [0, 0.1) is 0 Å². The number of nitrogens with zero attached hydrogens (tertiary/aromatic N) is 7. The number of thiol groups is 1. The lowest BCUT2D eigenvalue weighted by atomic mass is 10.1. The molecule has 3 aliphatic heterocycles. The molecule has 3 saturated heterocycles. The van der Waals surface area contributed by atoms with Crippen LogP contribution in [0.15, 0.2) is 23.8 Å². The van der Waals surface area contributed by atoms with Gasteiger partial charge in [0, 0.05) is 0 Å². The Bertz CT molecular complexity index is 1950. The summed E-state index contributed by atoms with van der Waals surface area (Å²) in [5.74, 6) is 0.00964. The SMILES string of the molecule is Nc1ncnc2c1ncn2[C@@H]1O[C@@H]2COP(O)(=S)O[C@H]3[C@@H](O)[C@H](n4c(=O)[nH]c5c(N)ncnc54)O[C@@H]3COP(=O)(S)O[C@H]2[C@H]1F. The highest BCUT2D eigenvalue weighted by atomic mass is 32.7. The van der Waals surface area contributed by atoms with Crippen molar-refractivity contribution in [2.45, 2.75) is 49.1 Å². The van der Waals surface area contributed by atoms with Gasteiger partial charge >= 0.3 is 19.2 Å². The monoisotopic (exact) mass is 708 g/mol. The van der Waals surface area contributed by atoms with Crippen LogP contribution in [0.1, 0.15) is 12.5 Å². The summed E-state index contributed by atoms with van der Waals surface area (Å²) in [4.78, 5) is 46.2. The fourth-order valence-electron chi connectivity index (χ4n) is 5.33. The van der Waals surface area contributed by atoms with Crippen LogP contribution in [0.5, 0.6) is 0 Å². The maximum absolute atomic E-state index is 16.0. The van der Waals surface area contributed by atoms with Gasteiger partial charge in [-0.1, -0.05) is 12.2 Å². The second-order valence-corrected chi connectivity index (χ2v) is 15.7. The molecule has 20 nitrogen and oxygen atoms in total. The summed E-state index contributed by atoms with van der Waals surface area (Å²) < 4.78 is 65.3. The van der Waals surface area contributed by atoms with Crippen molar-refractivity contribution >= 4 is 71.5 Å². The maximum atomic E-state index is 16.0. The molecule has 0 aliphatic carbocycles. The molecule has 3 fully saturated rings. The van der Waals surface area contributed by atoms with Gasteiger partial charge in [-0.3, -0.25) is 18.1 Å². The molecule has 0 bridgehead atoms. The number of aliphatic hydroxyl groups is 1. The molecule has 0 radical (unpaired) electrons. The summed E-state index contributed by atoms with van der Waals surface area (Å²) in [7, 11) is 0. The van der Waals surface area contributed by atoms with Gasteiger partial charge in [-0.15, -0.1) is 0 Å². The van der Waals surface area contributed by atoms with Crippen molar-refractivity contribution in [1.29, 1.82) is 0 Å². The molecule has 242 valence electrons. The lowest BCUT2D eigenvalue weighted by molar-refractivity contribution is -0.0576. The number of fused-ring (bicyclic) bond motifs is 4. The van der Waals surface area contributed by atoms with E-state index in [1.54, 1.807) is 0 Å². The second-order valence-electron chi connectivity index (χ2n) is 10.1. The fourth-order valence-corrected chi connectivity index (χ4v) is 8.25. The van der Waals surface area contributed by atoms with Gasteiger partial charge in [-0.25, -0.2) is 43.2 Å². The van der Waals surface area contributed by atoms with Crippen molar-refractivity contribution in [3.05, 3.63) is 29.5 Å². The van der Waals surface area contributed by atoms with Crippen LogP contribution in [0.25, 0.3) is 22.3 Å². The average Bonchev–Trinajstić information content (AvgIpc) is 3.71. The summed E-state index contributed by atoms with van der Waals surface area (Å²) in [6.07, 6.45) is -8.95. The number of nitrogens with two attached hydrogens (primary N) is 2. The molecule has 25 heteroatoms. The standard InChI is InChI=1S/C20H23FN10O10P2S2/c21-8-12-6(38-18(8)30-5-28-9-14(22)24-3-26-16(9)30)1-36-43(35,45)41-13-7(2-37-42(34,44)40-12)39-19(11(13)32)31-17-10(29-20(31)33)15(23)25-4-27-17/h3-8,11-13,18-19,32H,1-2H2,(H,29,33)(H,34,44)(H,35,45)(H2,22,24,26)(H2,23,25,27)/t6-,7-,8-,11-,12-,13-,18-,19-,42?,43?/m1/s1. The number of H-pyrrole nitrogens is 1. The maximum Gasteiger partial charge on any atom is 0.386 e. The van der Waals surface area contributed by atoms with Gasteiger partial charge in [0.2, 0.25) is 0 Å². The normalized spacial score (nSPS) is 37.7. The van der Waals surface area contributed by atoms with E-state index in [0.717, 1.165) is 17.2 Å². The summed E-state index contributed by atoms with van der Waals surface area (Å²) in [5.41, 5.74) is 11.3. The quantitative estimate of drug-likeness (QED) is 0.115. The highest BCUT2D eigenvalue weighted by Gasteiger charge is 2.53. The van der Waals surface area contributed by atoms with Crippen molar-refractivity contribution < 1.29 is 46.5 Å². The molecule has 7 heterocycles. The van der Waals surface area contributed by atoms with Gasteiger partial charge in [0.25, 0.3) is 0 Å². The molecule has 0 spiro atoms. The molecule has 0 aromatic carbocycles. The Morgan fingerprint density at radius 3 is 2.44 bits per heavy atom. The minimum absolute atomic E-state index is 0.00833. The van der Waals surface area contributed by atoms with E-state index in [-0.39, 0.29) is 34.0 Å². The largest absolute Gasteiger partial charge is 0.386 e. The number of halogens is 1. The van der Waals surface area contributed by atoms with Crippen LogP contribution in [0.4, 0.5) is 16.0 Å². The number of alkyl halides is 1. The van der Waals surface area contributed by atoms with Gasteiger partial charge in [-0.05, 0) is 11.8 Å². The van der Waals surface area contributed by atoms with E-state index in [9.17, 15) is 19.4 Å². The number of imidazole rings is 2. The van der Waals surface area contributed by atoms with Crippen molar-refractivity contribution in [2.24, 2.45) is 0 Å². The minimum atomic E-state index is -4.40. The van der Waals surface area contributed by atoms with Crippen LogP contribution < -0.4 is 17.2 Å². The zero-order chi connectivity index (χ0) is 31.8. The molecular formula is C20H23FN10O10P2S2. The molecule has 45 heavy (non-hydrogen) atoms. The number of aromatic nitrogens is 8. The predicted octanol–water partition coefficient (Wildman–Crippen LogP) is -0.310. The Kier molecular flexibility index (Phi) is 7.74. The van der Waals surface area contributed by atoms with E-state index in [4.69, 9.17) is 50.8 Å². The molecule has 7 N–H and O–H groups in total. The number of anilines is 2. The van der Waals surface area contributed by atoms with E-state index >= 15 is 4.39 Å². The summed E-state index contributed by atoms with van der Waals surface area (Å²) in [6.45, 7) is -9.92. The fraction of sp³-hybridized carbons (Fsp3) is 0.500. The Morgan fingerprint density at radius 2 is 1.67 bits per heavy atom. The van der Waals surface area contributed by atoms with Crippen LogP contribution in [0.3, 0.4) is 0 Å². The van der Waals surface area contributed by atoms with Crippen LogP contribution in [-0.4, -0.2) is 98.9 Å². The third-order valence-electron chi connectivity index (χ3n) is 7.34. The Hall–Kier alpha value is -2.66. The smallest absolute Gasteiger partial charge is 0.386 e. The van der Waals surface area contributed by atoms with E-state index in [0.29, 0.717) is 0 Å². The van der Waals surface area contributed by atoms with Crippen molar-refractivity contribution in [3.63, 3.8) is 0 Å². The van der Waals surface area contributed by atoms with E-state index in [2.05, 4.69) is 42.2 Å². The van der Waals surface area contributed by atoms with Gasteiger partial charge in [0.1, 0.15) is 54.2 Å². The topological polar surface area (TPSA) is 272 Å². The molecule has 10 atom stereocenters. The van der Waals surface area contributed by atoms with Crippen molar-refractivity contribution in [2.75, 3.05) is 24.7 Å². The van der Waals surface area contributed by atoms with Gasteiger partial charge in [0.15, 0.2) is 41.6 Å². The van der Waals surface area contributed by atoms with Crippen LogP contribution in [0.2, 0.25) is 0 Å². The van der Waals surface area contributed by atoms with Gasteiger partial charge in [0.05, 0.1) is 19.5 Å². The summed E-state index contributed by atoms with van der Waals surface area (Å²) in [5, 5.41) is 11.2. The highest BCUT2D eigenvalue weighted by Crippen LogP contribution is 2.58. The lowest BCUT2D eigenvalue weighted by Gasteiger charge is -2.29. The summed E-state index contributed by atoms with van der Waals surface area (Å²) in [6, 6.07) is 0.